The van der Waals surface area contributed by atoms with E-state index in [9.17, 15) is 5.11 Å². The fourth-order valence-electron chi connectivity index (χ4n) is 2.52. The lowest BCUT2D eigenvalue weighted by atomic mass is 9.96. The number of aliphatic hydroxyl groups is 1. The number of rotatable bonds is 9. The zero-order valence-electron chi connectivity index (χ0n) is 14.1. The summed E-state index contributed by atoms with van der Waals surface area (Å²) in [5, 5.41) is 13.6. The minimum atomic E-state index is -0.272. The second kappa shape index (κ2) is 9.06. The minimum Gasteiger partial charge on any atom is -0.491 e. The normalized spacial score (nSPS) is 14.5. The monoisotopic (exact) mass is 293 g/mol. The summed E-state index contributed by atoms with van der Waals surface area (Å²) >= 11 is 0. The quantitative estimate of drug-likeness (QED) is 0.725. The molecule has 0 heterocycles. The molecule has 0 amide bonds. The van der Waals surface area contributed by atoms with Crippen LogP contribution in [0.3, 0.4) is 0 Å². The first-order valence-electron chi connectivity index (χ1n) is 8.15. The van der Waals surface area contributed by atoms with Crippen LogP contribution < -0.4 is 10.1 Å². The van der Waals surface area contributed by atoms with E-state index in [2.05, 4.69) is 38.2 Å². The van der Waals surface area contributed by atoms with Gasteiger partial charge in [0.1, 0.15) is 5.75 Å². The number of hydrogen-bond acceptors (Lipinski definition) is 3. The van der Waals surface area contributed by atoms with Gasteiger partial charge in [0.25, 0.3) is 0 Å². The fraction of sp³-hybridized carbons (Fsp3) is 0.667. The predicted molar refractivity (Wildman–Crippen MR) is 88.7 cm³/mol. The van der Waals surface area contributed by atoms with Gasteiger partial charge in [-0.2, -0.15) is 0 Å². The maximum atomic E-state index is 10.2. The van der Waals surface area contributed by atoms with Crippen molar-refractivity contribution >= 4 is 0 Å². The Labute approximate surface area is 129 Å². The number of aliphatic hydroxyl groups excluding tert-OH is 1. The Balaban J connectivity index is 2.50. The number of ether oxygens (including phenoxy) is 1. The van der Waals surface area contributed by atoms with Crippen LogP contribution >= 0.6 is 0 Å². The van der Waals surface area contributed by atoms with E-state index >= 15 is 0 Å². The number of benzene rings is 1. The lowest BCUT2D eigenvalue weighted by Gasteiger charge is -2.23. The molecular formula is C18H31NO2. The molecule has 2 atom stereocenters. The van der Waals surface area contributed by atoms with Crippen molar-refractivity contribution in [1.82, 2.24) is 5.32 Å². The van der Waals surface area contributed by atoms with E-state index in [4.69, 9.17) is 4.74 Å². The van der Waals surface area contributed by atoms with Crippen LogP contribution in [0.15, 0.2) is 24.3 Å². The van der Waals surface area contributed by atoms with Crippen molar-refractivity contribution in [1.29, 1.82) is 0 Å². The van der Waals surface area contributed by atoms with Gasteiger partial charge in [-0.25, -0.2) is 0 Å². The molecule has 120 valence electrons. The third-order valence-corrected chi connectivity index (χ3v) is 3.98. The molecule has 2 N–H and O–H groups in total. The highest BCUT2D eigenvalue weighted by Gasteiger charge is 2.16. The molecule has 3 nitrogen and oxygen atoms in total. The molecule has 1 aromatic carbocycles. The zero-order valence-corrected chi connectivity index (χ0v) is 14.1. The maximum Gasteiger partial charge on any atom is 0.119 e. The zero-order chi connectivity index (χ0) is 15.8. The van der Waals surface area contributed by atoms with E-state index in [1.54, 1.807) is 0 Å². The molecule has 0 saturated carbocycles. The third kappa shape index (κ3) is 6.06. The van der Waals surface area contributed by atoms with E-state index < -0.39 is 0 Å². The number of hydrogen-bond donors (Lipinski definition) is 2. The molecule has 0 aliphatic heterocycles. The Kier molecular flexibility index (Phi) is 7.76. The van der Waals surface area contributed by atoms with E-state index in [-0.39, 0.29) is 18.2 Å². The van der Waals surface area contributed by atoms with Crippen molar-refractivity contribution in [2.75, 3.05) is 6.54 Å². The maximum absolute atomic E-state index is 10.2. The molecule has 0 aliphatic rings. The molecule has 0 aromatic heterocycles. The van der Waals surface area contributed by atoms with Crippen LogP contribution in [0.1, 0.15) is 59.1 Å². The van der Waals surface area contributed by atoms with Crippen molar-refractivity contribution in [2.24, 2.45) is 5.92 Å². The van der Waals surface area contributed by atoms with E-state index in [1.165, 1.54) is 5.56 Å². The van der Waals surface area contributed by atoms with Gasteiger partial charge in [0, 0.05) is 12.6 Å². The first kappa shape index (κ1) is 18.0. The third-order valence-electron chi connectivity index (χ3n) is 3.98. The predicted octanol–water partition coefficient (Wildman–Crippen LogP) is 3.92. The Morgan fingerprint density at radius 1 is 1.05 bits per heavy atom. The molecule has 0 bridgehead atoms. The van der Waals surface area contributed by atoms with Gasteiger partial charge in [-0.3, -0.25) is 0 Å². The molecule has 0 spiro atoms. The second-order valence-corrected chi connectivity index (χ2v) is 6.01. The minimum absolute atomic E-state index is 0.196. The fourth-order valence-corrected chi connectivity index (χ4v) is 2.52. The lowest BCUT2D eigenvalue weighted by Crippen LogP contribution is -2.33. The molecule has 3 heteroatoms. The van der Waals surface area contributed by atoms with Gasteiger partial charge in [0.2, 0.25) is 0 Å². The first-order chi connectivity index (χ1) is 9.97. The van der Waals surface area contributed by atoms with Crippen LogP contribution in [0.4, 0.5) is 0 Å². The van der Waals surface area contributed by atoms with Gasteiger partial charge in [0.05, 0.1) is 12.2 Å². The van der Waals surface area contributed by atoms with Crippen molar-refractivity contribution in [2.45, 2.75) is 65.7 Å². The molecule has 1 rings (SSSR count). The van der Waals surface area contributed by atoms with Gasteiger partial charge in [-0.15, -0.1) is 0 Å². The van der Waals surface area contributed by atoms with Gasteiger partial charge < -0.3 is 15.2 Å². The highest BCUT2D eigenvalue weighted by molar-refractivity contribution is 5.29. The average Bonchev–Trinajstić information content (AvgIpc) is 2.46. The average molecular weight is 293 g/mol. The second-order valence-electron chi connectivity index (χ2n) is 6.01. The Hall–Kier alpha value is -1.06. The van der Waals surface area contributed by atoms with E-state index in [0.29, 0.717) is 12.5 Å². The van der Waals surface area contributed by atoms with Crippen molar-refractivity contribution < 1.29 is 9.84 Å². The van der Waals surface area contributed by atoms with Crippen LogP contribution in [-0.4, -0.2) is 23.9 Å². The molecular weight excluding hydrogens is 262 g/mol. The summed E-state index contributed by atoms with van der Waals surface area (Å²) in [5.74, 6) is 1.28. The van der Waals surface area contributed by atoms with Gasteiger partial charge in [-0.1, -0.05) is 38.8 Å². The largest absolute Gasteiger partial charge is 0.491 e. The van der Waals surface area contributed by atoms with Crippen LogP contribution in [0.2, 0.25) is 0 Å². The standard InChI is InChI=1S/C18H31NO2/c1-6-15(7-2)18(20)12-19-14(5)16-8-10-17(11-9-16)21-13(3)4/h8-11,13-15,18-20H,6-7,12H2,1-5H3. The van der Waals surface area contributed by atoms with Crippen LogP contribution in [0, 0.1) is 5.92 Å². The van der Waals surface area contributed by atoms with E-state index in [0.717, 1.165) is 18.6 Å². The molecule has 2 unspecified atom stereocenters. The summed E-state index contributed by atoms with van der Waals surface area (Å²) < 4.78 is 5.65. The Morgan fingerprint density at radius 3 is 2.10 bits per heavy atom. The van der Waals surface area contributed by atoms with Gasteiger partial charge in [0.15, 0.2) is 0 Å². The molecule has 0 radical (unpaired) electrons. The Morgan fingerprint density at radius 2 is 1.62 bits per heavy atom. The number of nitrogens with one attached hydrogen (secondary N) is 1. The highest BCUT2D eigenvalue weighted by Crippen LogP contribution is 2.19. The summed E-state index contributed by atoms with van der Waals surface area (Å²) in [7, 11) is 0. The van der Waals surface area contributed by atoms with Crippen molar-refractivity contribution in [3.05, 3.63) is 29.8 Å². The van der Waals surface area contributed by atoms with Gasteiger partial charge in [-0.05, 0) is 44.4 Å². The summed E-state index contributed by atoms with van der Waals surface area (Å²) in [6, 6.07) is 8.40. The summed E-state index contributed by atoms with van der Waals surface area (Å²) in [4.78, 5) is 0. The Bertz CT molecular complexity index is 385. The molecule has 1 aromatic rings. The molecule has 0 saturated heterocycles. The summed E-state index contributed by atoms with van der Waals surface area (Å²) in [5.41, 5.74) is 1.21. The summed E-state index contributed by atoms with van der Waals surface area (Å²) in [6.07, 6.45) is 1.97. The van der Waals surface area contributed by atoms with Crippen LogP contribution in [-0.2, 0) is 0 Å². The topological polar surface area (TPSA) is 41.5 Å². The molecule has 0 aliphatic carbocycles. The first-order valence-corrected chi connectivity index (χ1v) is 8.15. The highest BCUT2D eigenvalue weighted by atomic mass is 16.5. The molecule has 0 fully saturated rings. The van der Waals surface area contributed by atoms with E-state index in [1.807, 2.05) is 26.0 Å². The van der Waals surface area contributed by atoms with Crippen LogP contribution in [0.5, 0.6) is 5.75 Å². The molecule has 21 heavy (non-hydrogen) atoms. The van der Waals surface area contributed by atoms with Gasteiger partial charge >= 0.3 is 0 Å². The van der Waals surface area contributed by atoms with Crippen molar-refractivity contribution in [3.8, 4) is 5.75 Å². The SMILES string of the molecule is CCC(CC)C(O)CNC(C)c1ccc(OC(C)C)cc1. The summed E-state index contributed by atoms with van der Waals surface area (Å²) in [6.45, 7) is 11.1. The van der Waals surface area contributed by atoms with Crippen LogP contribution in [0.25, 0.3) is 0 Å². The van der Waals surface area contributed by atoms with Crippen molar-refractivity contribution in [3.63, 3.8) is 0 Å². The lowest BCUT2D eigenvalue weighted by molar-refractivity contribution is 0.0989. The smallest absolute Gasteiger partial charge is 0.119 e.